The molecule has 1 aliphatic heterocycles. The first-order valence-electron chi connectivity index (χ1n) is 9.46. The molecule has 1 aliphatic rings. The maximum atomic E-state index is 11.8. The minimum absolute atomic E-state index is 0.00686. The number of unbranched alkanes of at least 4 members (excludes halogenated alkanes) is 6. The van der Waals surface area contributed by atoms with E-state index in [1.54, 1.807) is 19.9 Å². The highest BCUT2D eigenvalue weighted by Gasteiger charge is 2.38. The van der Waals surface area contributed by atoms with Gasteiger partial charge in [0.2, 0.25) is 0 Å². The largest absolute Gasteiger partial charge is 0.481 e. The number of ether oxygens (including phenoxy) is 1. The van der Waals surface area contributed by atoms with Crippen molar-refractivity contribution in [1.29, 1.82) is 0 Å². The average molecular weight is 338 g/mol. The molecule has 1 heterocycles. The van der Waals surface area contributed by atoms with E-state index in [0.717, 1.165) is 19.3 Å². The molecular formula is C20H34O4. The van der Waals surface area contributed by atoms with Crippen LogP contribution in [0.3, 0.4) is 0 Å². The quantitative estimate of drug-likeness (QED) is 0.277. The zero-order valence-corrected chi connectivity index (χ0v) is 15.6. The maximum absolute atomic E-state index is 11.8. The predicted octanol–water partition coefficient (Wildman–Crippen LogP) is 4.91. The van der Waals surface area contributed by atoms with E-state index in [2.05, 4.69) is 6.92 Å². The second-order valence-electron chi connectivity index (χ2n) is 7.56. The Morgan fingerprint density at radius 2 is 1.71 bits per heavy atom. The van der Waals surface area contributed by atoms with Crippen molar-refractivity contribution in [3.63, 3.8) is 0 Å². The van der Waals surface area contributed by atoms with Crippen LogP contribution < -0.4 is 0 Å². The van der Waals surface area contributed by atoms with E-state index in [1.165, 1.54) is 32.1 Å². The summed E-state index contributed by atoms with van der Waals surface area (Å²) < 4.78 is 5.49. The van der Waals surface area contributed by atoms with Crippen LogP contribution in [-0.2, 0) is 14.3 Å². The summed E-state index contributed by atoms with van der Waals surface area (Å²) in [7, 11) is 0. The predicted molar refractivity (Wildman–Crippen MR) is 96.1 cm³/mol. The fraction of sp³-hybridized carbons (Fsp3) is 0.800. The third kappa shape index (κ3) is 8.62. The van der Waals surface area contributed by atoms with Crippen molar-refractivity contribution >= 4 is 11.8 Å². The lowest BCUT2D eigenvalue weighted by atomic mass is 9.87. The van der Waals surface area contributed by atoms with E-state index >= 15 is 0 Å². The van der Waals surface area contributed by atoms with Gasteiger partial charge in [0.25, 0.3) is 0 Å². The minimum Gasteiger partial charge on any atom is -0.481 e. The highest BCUT2D eigenvalue weighted by atomic mass is 16.6. The van der Waals surface area contributed by atoms with Crippen molar-refractivity contribution in [2.45, 2.75) is 97.2 Å². The van der Waals surface area contributed by atoms with Crippen LogP contribution >= 0.6 is 0 Å². The Hall–Kier alpha value is -1.16. The van der Waals surface area contributed by atoms with Gasteiger partial charge < -0.3 is 9.84 Å². The lowest BCUT2D eigenvalue weighted by Gasteiger charge is -2.17. The van der Waals surface area contributed by atoms with Crippen molar-refractivity contribution in [2.24, 2.45) is 5.41 Å². The summed E-state index contributed by atoms with van der Waals surface area (Å²) in [5, 5.41) is 9.08. The van der Waals surface area contributed by atoms with Crippen LogP contribution in [0.5, 0.6) is 0 Å². The van der Waals surface area contributed by atoms with E-state index in [9.17, 15) is 9.59 Å². The van der Waals surface area contributed by atoms with Crippen LogP contribution in [0.25, 0.3) is 0 Å². The van der Waals surface area contributed by atoms with Gasteiger partial charge in [-0.3, -0.25) is 9.59 Å². The van der Waals surface area contributed by atoms with Crippen LogP contribution in [0, 0.1) is 5.41 Å². The van der Waals surface area contributed by atoms with Gasteiger partial charge in [0.05, 0.1) is 11.5 Å². The van der Waals surface area contributed by atoms with Gasteiger partial charge in [-0.1, -0.05) is 45.4 Å². The molecule has 0 saturated carbocycles. The zero-order valence-electron chi connectivity index (χ0n) is 15.6. The summed E-state index contributed by atoms with van der Waals surface area (Å²) in [5.74, 6) is -0.608. The first-order chi connectivity index (χ1) is 11.4. The van der Waals surface area contributed by atoms with Crippen molar-refractivity contribution in [2.75, 3.05) is 0 Å². The standard InChI is InChI=1S/C20H34O4/c1-4-5-6-7-8-9-10-11-16(21)12-13-17-18(24-17)14-15-20(2,3)19(22)23/h12-13,17-18H,4-11,14-15H2,1-3H3,(H,22,23)/b13-12+. The van der Waals surface area contributed by atoms with Crippen molar-refractivity contribution in [3.05, 3.63) is 12.2 Å². The fourth-order valence-electron chi connectivity index (χ4n) is 2.71. The third-order valence-corrected chi connectivity index (χ3v) is 4.75. The molecule has 1 N–H and O–H groups in total. The van der Waals surface area contributed by atoms with Crippen LogP contribution in [-0.4, -0.2) is 29.1 Å². The molecule has 0 amide bonds. The van der Waals surface area contributed by atoms with Gasteiger partial charge in [0.15, 0.2) is 5.78 Å². The van der Waals surface area contributed by atoms with E-state index in [4.69, 9.17) is 9.84 Å². The number of epoxide rings is 1. The number of carbonyl (C=O) groups excluding carboxylic acids is 1. The van der Waals surface area contributed by atoms with Crippen LogP contribution in [0.1, 0.15) is 85.0 Å². The van der Waals surface area contributed by atoms with Gasteiger partial charge in [0, 0.05) is 6.42 Å². The van der Waals surface area contributed by atoms with Gasteiger partial charge in [-0.2, -0.15) is 0 Å². The molecule has 2 unspecified atom stereocenters. The molecule has 0 spiro atoms. The smallest absolute Gasteiger partial charge is 0.309 e. The Kier molecular flexibility index (Phi) is 9.27. The van der Waals surface area contributed by atoms with Gasteiger partial charge in [-0.25, -0.2) is 0 Å². The van der Waals surface area contributed by atoms with Gasteiger partial charge in [-0.05, 0) is 45.3 Å². The zero-order chi connectivity index (χ0) is 18.0. The number of carboxylic acid groups (broad SMARTS) is 1. The lowest BCUT2D eigenvalue weighted by Crippen LogP contribution is -2.24. The van der Waals surface area contributed by atoms with Gasteiger partial charge in [-0.15, -0.1) is 0 Å². The number of rotatable bonds is 14. The molecule has 24 heavy (non-hydrogen) atoms. The summed E-state index contributed by atoms with van der Waals surface area (Å²) >= 11 is 0. The number of hydrogen-bond acceptors (Lipinski definition) is 3. The van der Waals surface area contributed by atoms with Crippen LogP contribution in [0.2, 0.25) is 0 Å². The number of allylic oxidation sites excluding steroid dienone is 1. The molecule has 0 bridgehead atoms. The molecule has 2 atom stereocenters. The maximum Gasteiger partial charge on any atom is 0.309 e. The van der Waals surface area contributed by atoms with Gasteiger partial charge >= 0.3 is 5.97 Å². The van der Waals surface area contributed by atoms with Crippen LogP contribution in [0.15, 0.2) is 12.2 Å². The highest BCUT2D eigenvalue weighted by Crippen LogP contribution is 2.33. The third-order valence-electron chi connectivity index (χ3n) is 4.75. The van der Waals surface area contributed by atoms with E-state index in [-0.39, 0.29) is 18.0 Å². The fourth-order valence-corrected chi connectivity index (χ4v) is 2.71. The SMILES string of the molecule is CCCCCCCCCC(=O)/C=C/C1OC1CCC(C)(C)C(=O)O. The molecule has 0 aliphatic carbocycles. The number of carbonyl (C=O) groups is 2. The first-order valence-corrected chi connectivity index (χ1v) is 9.46. The summed E-state index contributed by atoms with van der Waals surface area (Å²) in [5.41, 5.74) is -0.715. The molecular weight excluding hydrogens is 304 g/mol. The Labute approximate surface area is 146 Å². The number of hydrogen-bond donors (Lipinski definition) is 1. The summed E-state index contributed by atoms with van der Waals surface area (Å²) in [6.45, 7) is 5.68. The molecule has 1 saturated heterocycles. The van der Waals surface area contributed by atoms with E-state index in [1.807, 2.05) is 6.08 Å². The number of carboxylic acids is 1. The molecule has 1 rings (SSSR count). The number of aliphatic carboxylic acids is 1. The van der Waals surface area contributed by atoms with E-state index < -0.39 is 11.4 Å². The van der Waals surface area contributed by atoms with Crippen LogP contribution in [0.4, 0.5) is 0 Å². The first kappa shape index (κ1) is 20.9. The Bertz CT molecular complexity index is 425. The molecule has 0 aromatic heterocycles. The molecule has 138 valence electrons. The van der Waals surface area contributed by atoms with Crippen molar-refractivity contribution in [1.82, 2.24) is 0 Å². The van der Waals surface area contributed by atoms with E-state index in [0.29, 0.717) is 12.8 Å². The second kappa shape index (κ2) is 10.7. The minimum atomic E-state index is -0.778. The highest BCUT2D eigenvalue weighted by molar-refractivity contribution is 5.89. The Morgan fingerprint density at radius 1 is 1.08 bits per heavy atom. The van der Waals surface area contributed by atoms with Gasteiger partial charge in [0.1, 0.15) is 6.10 Å². The molecule has 4 nitrogen and oxygen atoms in total. The summed E-state index contributed by atoms with van der Waals surface area (Å²) in [6, 6.07) is 0. The number of ketones is 1. The Morgan fingerprint density at radius 3 is 2.33 bits per heavy atom. The summed E-state index contributed by atoms with van der Waals surface area (Å²) in [6.07, 6.45) is 14.0. The van der Waals surface area contributed by atoms with Crippen molar-refractivity contribution in [3.8, 4) is 0 Å². The Balaban J connectivity index is 2.07. The molecule has 0 aromatic rings. The second-order valence-corrected chi connectivity index (χ2v) is 7.56. The molecule has 0 aromatic carbocycles. The topological polar surface area (TPSA) is 66.9 Å². The monoisotopic (exact) mass is 338 g/mol. The average Bonchev–Trinajstić information content (AvgIpc) is 3.28. The lowest BCUT2D eigenvalue weighted by molar-refractivity contribution is -0.147. The molecule has 1 fully saturated rings. The summed E-state index contributed by atoms with van der Waals surface area (Å²) in [4.78, 5) is 22.9. The molecule has 4 heteroatoms. The molecule has 0 radical (unpaired) electrons. The van der Waals surface area contributed by atoms with Crippen molar-refractivity contribution < 1.29 is 19.4 Å². The normalized spacial score (nSPS) is 20.5.